The maximum Gasteiger partial charge on any atom is 0.258 e. The number of carbonyl (C=O) groups is 1. The average Bonchev–Trinajstić information content (AvgIpc) is 3.10. The van der Waals surface area contributed by atoms with Crippen LogP contribution in [0.5, 0.6) is 5.88 Å². The number of aliphatic hydroxyl groups excluding tert-OH is 1. The summed E-state index contributed by atoms with van der Waals surface area (Å²) in [5, 5.41) is 17.4. The van der Waals surface area contributed by atoms with Gasteiger partial charge in [-0.1, -0.05) is 27.7 Å². The summed E-state index contributed by atoms with van der Waals surface area (Å²) in [7, 11) is 0. The van der Waals surface area contributed by atoms with Gasteiger partial charge in [-0.25, -0.2) is 4.68 Å². The van der Waals surface area contributed by atoms with Crippen LogP contribution in [0.15, 0.2) is 6.20 Å². The van der Waals surface area contributed by atoms with Crippen LogP contribution in [0.4, 0.5) is 0 Å². The summed E-state index contributed by atoms with van der Waals surface area (Å²) in [5.74, 6) is 3.96. The number of aliphatic hydroxyl groups is 1. The first-order valence-electron chi connectivity index (χ1n) is 11.9. The number of aryl methyl sites for hydroxylation is 1. The highest BCUT2D eigenvalue weighted by Gasteiger charge is 2.48. The van der Waals surface area contributed by atoms with Crippen LogP contribution in [-0.4, -0.2) is 40.0 Å². The molecule has 6 nitrogen and oxygen atoms in total. The molecule has 6 heteroatoms. The predicted molar refractivity (Wildman–Crippen MR) is 116 cm³/mol. The van der Waals surface area contributed by atoms with Gasteiger partial charge < -0.3 is 15.2 Å². The van der Waals surface area contributed by atoms with Crippen LogP contribution in [0.3, 0.4) is 0 Å². The first-order chi connectivity index (χ1) is 14.3. The SMILES string of the molecule is CC(C)COc1c(C(=O)NC2C3CC4CC(C3)CC2C4)cnn1CCC(C)(C)CO. The topological polar surface area (TPSA) is 76.4 Å². The lowest BCUT2D eigenvalue weighted by atomic mass is 9.54. The van der Waals surface area contributed by atoms with E-state index in [1.54, 1.807) is 10.9 Å². The normalized spacial score (nSPS) is 30.1. The number of amides is 1. The largest absolute Gasteiger partial charge is 0.477 e. The van der Waals surface area contributed by atoms with Gasteiger partial charge in [-0.2, -0.15) is 5.10 Å². The Bertz CT molecular complexity index is 727. The van der Waals surface area contributed by atoms with E-state index in [0.717, 1.165) is 18.3 Å². The first-order valence-corrected chi connectivity index (χ1v) is 11.9. The van der Waals surface area contributed by atoms with Crippen molar-refractivity contribution in [2.24, 2.45) is 35.0 Å². The fraction of sp³-hybridized carbons (Fsp3) is 0.833. The van der Waals surface area contributed by atoms with E-state index >= 15 is 0 Å². The van der Waals surface area contributed by atoms with Crippen LogP contribution in [0.25, 0.3) is 0 Å². The van der Waals surface area contributed by atoms with Crippen molar-refractivity contribution in [3.8, 4) is 5.88 Å². The lowest BCUT2D eigenvalue weighted by Crippen LogP contribution is -2.55. The van der Waals surface area contributed by atoms with Crippen molar-refractivity contribution in [2.75, 3.05) is 13.2 Å². The highest BCUT2D eigenvalue weighted by atomic mass is 16.5. The minimum atomic E-state index is -0.190. The smallest absolute Gasteiger partial charge is 0.258 e. The number of ether oxygens (including phenoxy) is 1. The first kappa shape index (κ1) is 21.7. The number of nitrogens with one attached hydrogen (secondary N) is 1. The molecule has 0 aliphatic heterocycles. The lowest BCUT2D eigenvalue weighted by molar-refractivity contribution is -0.0120. The molecular formula is C24H39N3O3. The second kappa shape index (κ2) is 8.52. The van der Waals surface area contributed by atoms with Gasteiger partial charge in [0.2, 0.25) is 5.88 Å². The molecule has 0 aromatic carbocycles. The number of carbonyl (C=O) groups excluding carboxylic acids is 1. The van der Waals surface area contributed by atoms with E-state index < -0.39 is 0 Å². The monoisotopic (exact) mass is 417 g/mol. The van der Waals surface area contributed by atoms with E-state index in [4.69, 9.17) is 4.74 Å². The van der Waals surface area contributed by atoms with Gasteiger partial charge >= 0.3 is 0 Å². The van der Waals surface area contributed by atoms with Gasteiger partial charge in [-0.15, -0.1) is 0 Å². The summed E-state index contributed by atoms with van der Waals surface area (Å²) < 4.78 is 7.87. The molecule has 0 unspecified atom stereocenters. The van der Waals surface area contributed by atoms with Crippen LogP contribution in [0.1, 0.15) is 76.6 Å². The van der Waals surface area contributed by atoms with Gasteiger partial charge in [0.25, 0.3) is 5.91 Å². The Balaban J connectivity index is 1.48. The Labute approximate surface area is 180 Å². The molecule has 168 valence electrons. The fourth-order valence-electron chi connectivity index (χ4n) is 5.96. The second-order valence-electron chi connectivity index (χ2n) is 11.3. The summed E-state index contributed by atoms with van der Waals surface area (Å²) in [6, 6.07) is 0.305. The minimum absolute atomic E-state index is 0.0427. The van der Waals surface area contributed by atoms with E-state index in [0.29, 0.717) is 48.4 Å². The Morgan fingerprint density at radius 2 is 1.87 bits per heavy atom. The van der Waals surface area contributed by atoms with Gasteiger partial charge in [0.05, 0.1) is 12.8 Å². The number of rotatable bonds is 9. The molecule has 5 rings (SSSR count). The van der Waals surface area contributed by atoms with E-state index in [2.05, 4.69) is 24.3 Å². The number of aromatic nitrogens is 2. The summed E-state index contributed by atoms with van der Waals surface area (Å²) in [4.78, 5) is 13.3. The molecule has 1 amide bonds. The number of nitrogens with zero attached hydrogens (tertiary/aromatic N) is 2. The molecular weight excluding hydrogens is 378 g/mol. The van der Waals surface area contributed by atoms with Crippen molar-refractivity contribution < 1.29 is 14.6 Å². The van der Waals surface area contributed by atoms with Gasteiger partial charge in [-0.3, -0.25) is 4.79 Å². The molecule has 0 atom stereocenters. The highest BCUT2D eigenvalue weighted by molar-refractivity contribution is 5.96. The third kappa shape index (κ3) is 4.53. The quantitative estimate of drug-likeness (QED) is 0.639. The molecule has 1 heterocycles. The Kier molecular flexibility index (Phi) is 6.16. The van der Waals surface area contributed by atoms with Gasteiger partial charge in [0.15, 0.2) is 0 Å². The van der Waals surface area contributed by atoms with Gasteiger partial charge in [-0.05, 0) is 73.5 Å². The van der Waals surface area contributed by atoms with E-state index in [9.17, 15) is 9.90 Å². The predicted octanol–water partition coefficient (Wildman–Crippen LogP) is 3.88. The van der Waals surface area contributed by atoms with Crippen LogP contribution in [-0.2, 0) is 6.54 Å². The highest BCUT2D eigenvalue weighted by Crippen LogP contribution is 2.53. The maximum absolute atomic E-state index is 13.3. The number of hydrogen-bond acceptors (Lipinski definition) is 4. The zero-order valence-corrected chi connectivity index (χ0v) is 19.1. The lowest BCUT2D eigenvalue weighted by Gasteiger charge is -2.54. The molecule has 0 saturated heterocycles. The van der Waals surface area contributed by atoms with Crippen molar-refractivity contribution >= 4 is 5.91 Å². The van der Waals surface area contributed by atoms with E-state index in [1.165, 1.54) is 32.1 Å². The number of hydrogen-bond donors (Lipinski definition) is 2. The molecule has 2 N–H and O–H groups in total. The van der Waals surface area contributed by atoms with Crippen molar-refractivity contribution in [1.29, 1.82) is 0 Å². The Hall–Kier alpha value is -1.56. The second-order valence-corrected chi connectivity index (χ2v) is 11.3. The minimum Gasteiger partial charge on any atom is -0.477 e. The zero-order valence-electron chi connectivity index (χ0n) is 19.1. The summed E-state index contributed by atoms with van der Waals surface area (Å²) in [6.07, 6.45) is 8.97. The third-order valence-corrected chi connectivity index (χ3v) is 7.54. The standard InChI is InChI=1S/C24H39N3O3/c1-15(2)13-30-23-20(12-25-27(23)6-5-24(3,4)14-28)22(29)26-21-18-8-16-7-17(10-18)11-19(21)9-16/h12,15-19,21,28H,5-11,13-14H2,1-4H3,(H,26,29). The average molecular weight is 418 g/mol. The Morgan fingerprint density at radius 1 is 1.23 bits per heavy atom. The van der Waals surface area contributed by atoms with Crippen LogP contribution in [0, 0.1) is 35.0 Å². The van der Waals surface area contributed by atoms with Crippen LogP contribution in [0.2, 0.25) is 0 Å². The van der Waals surface area contributed by atoms with Crippen molar-refractivity contribution in [3.05, 3.63) is 11.8 Å². The molecule has 4 aliphatic rings. The van der Waals surface area contributed by atoms with Crippen molar-refractivity contribution in [3.63, 3.8) is 0 Å². The zero-order chi connectivity index (χ0) is 21.5. The fourth-order valence-corrected chi connectivity index (χ4v) is 5.96. The molecule has 1 aromatic rings. The third-order valence-electron chi connectivity index (χ3n) is 7.54. The van der Waals surface area contributed by atoms with E-state index in [-0.39, 0.29) is 17.9 Å². The van der Waals surface area contributed by atoms with Crippen LogP contribution < -0.4 is 10.1 Å². The molecule has 0 radical (unpaired) electrons. The van der Waals surface area contributed by atoms with E-state index in [1.807, 2.05) is 13.8 Å². The van der Waals surface area contributed by atoms with Crippen LogP contribution >= 0.6 is 0 Å². The van der Waals surface area contributed by atoms with Crippen molar-refractivity contribution in [1.82, 2.24) is 15.1 Å². The molecule has 0 spiro atoms. The maximum atomic E-state index is 13.3. The van der Waals surface area contributed by atoms with Gasteiger partial charge in [0.1, 0.15) is 5.56 Å². The summed E-state index contributed by atoms with van der Waals surface area (Å²) in [5.41, 5.74) is 0.357. The molecule has 4 fully saturated rings. The molecule has 4 aliphatic carbocycles. The molecule has 4 saturated carbocycles. The molecule has 4 bridgehead atoms. The van der Waals surface area contributed by atoms with Gasteiger partial charge in [0, 0.05) is 19.2 Å². The molecule has 30 heavy (non-hydrogen) atoms. The summed E-state index contributed by atoms with van der Waals surface area (Å²) >= 11 is 0. The molecule has 1 aromatic heterocycles. The Morgan fingerprint density at radius 3 is 2.43 bits per heavy atom. The summed E-state index contributed by atoms with van der Waals surface area (Å²) in [6.45, 7) is 9.56. The van der Waals surface area contributed by atoms with Crippen molar-refractivity contribution in [2.45, 2.75) is 78.8 Å².